The zero-order chi connectivity index (χ0) is 19.6. The van der Waals surface area contributed by atoms with Gasteiger partial charge >= 0.3 is 5.97 Å². The highest BCUT2D eigenvalue weighted by molar-refractivity contribution is 7.91. The van der Waals surface area contributed by atoms with Crippen molar-refractivity contribution in [1.82, 2.24) is 4.90 Å². The van der Waals surface area contributed by atoms with Crippen LogP contribution >= 0.6 is 22.9 Å². The lowest BCUT2D eigenvalue weighted by Crippen LogP contribution is -2.40. The summed E-state index contributed by atoms with van der Waals surface area (Å²) in [5, 5.41) is 1.48. The molecule has 2 aromatic rings. The number of nitrogens with zero attached hydrogens (tertiary/aromatic N) is 1. The van der Waals surface area contributed by atoms with E-state index >= 15 is 0 Å². The molecule has 27 heavy (non-hydrogen) atoms. The number of benzene rings is 1. The third-order valence-corrected chi connectivity index (χ3v) is 7.82. The van der Waals surface area contributed by atoms with Crippen LogP contribution in [0.25, 0.3) is 16.2 Å². The molecule has 3 rings (SSSR count). The van der Waals surface area contributed by atoms with Crippen LogP contribution in [0.2, 0.25) is 5.02 Å². The number of carbonyl (C=O) groups excluding carboxylic acids is 2. The minimum atomic E-state index is -3.08. The highest BCUT2D eigenvalue weighted by Crippen LogP contribution is 2.35. The van der Waals surface area contributed by atoms with Crippen LogP contribution in [0.1, 0.15) is 11.3 Å². The molecule has 0 spiro atoms. The molecule has 1 atom stereocenters. The van der Waals surface area contributed by atoms with Gasteiger partial charge in [0.1, 0.15) is 0 Å². The topological polar surface area (TPSA) is 80.8 Å². The number of esters is 1. The molecule has 1 aliphatic rings. The largest absolute Gasteiger partial charge is 0.452 e. The zero-order valence-corrected chi connectivity index (χ0v) is 16.9. The molecule has 0 saturated carbocycles. The molecule has 1 amide bonds. The smallest absolute Gasteiger partial charge is 0.331 e. The Labute approximate surface area is 166 Å². The summed E-state index contributed by atoms with van der Waals surface area (Å²) in [4.78, 5) is 26.1. The second kappa shape index (κ2) is 8.00. The second-order valence-corrected chi connectivity index (χ2v) is 9.97. The Morgan fingerprint density at radius 3 is 2.78 bits per heavy atom. The minimum Gasteiger partial charge on any atom is -0.452 e. The number of sulfone groups is 1. The molecule has 0 aliphatic carbocycles. The van der Waals surface area contributed by atoms with Gasteiger partial charge in [-0.05, 0) is 18.6 Å². The molecule has 1 saturated heterocycles. The zero-order valence-electron chi connectivity index (χ0n) is 14.6. The van der Waals surface area contributed by atoms with Crippen molar-refractivity contribution in [2.45, 2.75) is 12.5 Å². The Morgan fingerprint density at radius 2 is 2.11 bits per heavy atom. The summed E-state index contributed by atoms with van der Waals surface area (Å²) < 4.78 is 29.0. The van der Waals surface area contributed by atoms with Crippen molar-refractivity contribution in [3.63, 3.8) is 0 Å². The van der Waals surface area contributed by atoms with Gasteiger partial charge in [0.15, 0.2) is 16.4 Å². The van der Waals surface area contributed by atoms with Crippen LogP contribution in [0, 0.1) is 0 Å². The van der Waals surface area contributed by atoms with Crippen molar-refractivity contribution in [2.75, 3.05) is 25.2 Å². The Balaban J connectivity index is 1.55. The van der Waals surface area contributed by atoms with Crippen molar-refractivity contribution >= 4 is 60.8 Å². The van der Waals surface area contributed by atoms with E-state index in [0.29, 0.717) is 11.4 Å². The quantitative estimate of drug-likeness (QED) is 0.541. The van der Waals surface area contributed by atoms with E-state index < -0.39 is 28.3 Å². The fourth-order valence-electron chi connectivity index (χ4n) is 2.85. The fraction of sp³-hybridized carbons (Fsp3) is 0.333. The van der Waals surface area contributed by atoms with E-state index in [-0.39, 0.29) is 17.5 Å². The van der Waals surface area contributed by atoms with Gasteiger partial charge in [-0.15, -0.1) is 11.3 Å². The lowest BCUT2D eigenvalue weighted by molar-refractivity contribution is -0.148. The Bertz CT molecular complexity index is 1010. The predicted octanol–water partition coefficient (Wildman–Crippen LogP) is 2.76. The first kappa shape index (κ1) is 19.9. The number of carbonyl (C=O) groups is 2. The van der Waals surface area contributed by atoms with E-state index in [2.05, 4.69) is 0 Å². The number of thiophene rings is 1. The summed E-state index contributed by atoms with van der Waals surface area (Å²) >= 11 is 7.76. The van der Waals surface area contributed by atoms with Crippen LogP contribution < -0.4 is 0 Å². The molecule has 9 heteroatoms. The van der Waals surface area contributed by atoms with Crippen molar-refractivity contribution in [1.29, 1.82) is 0 Å². The summed E-state index contributed by atoms with van der Waals surface area (Å²) in [6.45, 7) is -0.434. The van der Waals surface area contributed by atoms with Crippen molar-refractivity contribution in [3.05, 3.63) is 40.2 Å². The van der Waals surface area contributed by atoms with Gasteiger partial charge < -0.3 is 9.64 Å². The van der Waals surface area contributed by atoms with Gasteiger partial charge in [-0.1, -0.05) is 29.8 Å². The first-order valence-electron chi connectivity index (χ1n) is 8.25. The number of hydrogen-bond donors (Lipinski definition) is 0. The molecule has 1 fully saturated rings. The summed E-state index contributed by atoms with van der Waals surface area (Å²) in [7, 11) is -1.56. The summed E-state index contributed by atoms with van der Waals surface area (Å²) in [5.74, 6) is -1.07. The van der Waals surface area contributed by atoms with Gasteiger partial charge in [0.25, 0.3) is 5.91 Å². The highest BCUT2D eigenvalue weighted by Gasteiger charge is 2.32. The average molecular weight is 428 g/mol. The standard InChI is InChI=1S/C18H18ClNO5S2/c1-20(12-8-9-27(23,24)11-12)16(21)10-25-17(22)7-6-15-18(19)13-4-2-3-5-14(13)26-15/h2-7,12H,8-11H2,1H3/b7-6+. The number of ether oxygens (including phenoxy) is 1. The van der Waals surface area contributed by atoms with Crippen molar-refractivity contribution in [2.24, 2.45) is 0 Å². The number of hydrogen-bond acceptors (Lipinski definition) is 6. The van der Waals surface area contributed by atoms with Crippen LogP contribution in [0.4, 0.5) is 0 Å². The molecule has 1 aliphatic heterocycles. The van der Waals surface area contributed by atoms with Crippen molar-refractivity contribution in [3.8, 4) is 0 Å². The number of fused-ring (bicyclic) bond motifs is 1. The molecule has 0 N–H and O–H groups in total. The lowest BCUT2D eigenvalue weighted by atomic mass is 10.2. The van der Waals surface area contributed by atoms with Gasteiger partial charge in [0.05, 0.1) is 16.5 Å². The van der Waals surface area contributed by atoms with E-state index in [1.807, 2.05) is 24.3 Å². The Kier molecular flexibility index (Phi) is 5.88. The Hall–Kier alpha value is -1.90. The SMILES string of the molecule is CN(C(=O)COC(=O)/C=C/c1sc2ccccc2c1Cl)C1CCS(=O)(=O)C1. The monoisotopic (exact) mass is 427 g/mol. The summed E-state index contributed by atoms with van der Waals surface area (Å²) in [6, 6.07) is 7.28. The number of amides is 1. The first-order chi connectivity index (χ1) is 12.8. The molecule has 1 aromatic carbocycles. The number of rotatable bonds is 5. The first-order valence-corrected chi connectivity index (χ1v) is 11.3. The average Bonchev–Trinajstić information content (AvgIpc) is 3.17. The maximum Gasteiger partial charge on any atom is 0.331 e. The van der Waals surface area contributed by atoms with Crippen molar-refractivity contribution < 1.29 is 22.7 Å². The molecule has 1 unspecified atom stereocenters. The molecule has 6 nitrogen and oxygen atoms in total. The third-order valence-electron chi connectivity index (χ3n) is 4.42. The van der Waals surface area contributed by atoms with E-state index in [1.54, 1.807) is 6.08 Å². The molecular formula is C18H18ClNO5S2. The fourth-order valence-corrected chi connectivity index (χ4v) is 6.02. The molecule has 0 radical (unpaired) electrons. The molecule has 1 aromatic heterocycles. The maximum absolute atomic E-state index is 12.1. The molecule has 0 bridgehead atoms. The number of likely N-dealkylation sites (N-methyl/N-ethyl adjacent to an activating group) is 1. The van der Waals surface area contributed by atoms with Crippen LogP contribution in [-0.2, 0) is 24.2 Å². The molecule has 2 heterocycles. The van der Waals surface area contributed by atoms with Gasteiger partial charge in [0.2, 0.25) is 0 Å². The molecular weight excluding hydrogens is 410 g/mol. The van der Waals surface area contributed by atoms with Gasteiger partial charge in [-0.25, -0.2) is 13.2 Å². The summed E-state index contributed by atoms with van der Waals surface area (Å²) in [5.41, 5.74) is 0. The van der Waals surface area contributed by atoms with Gasteiger partial charge in [-0.3, -0.25) is 4.79 Å². The van der Waals surface area contributed by atoms with E-state index in [1.165, 1.54) is 29.4 Å². The maximum atomic E-state index is 12.1. The minimum absolute atomic E-state index is 0.0481. The van der Waals surface area contributed by atoms with E-state index in [4.69, 9.17) is 16.3 Å². The van der Waals surface area contributed by atoms with Crippen LogP contribution in [0.3, 0.4) is 0 Å². The second-order valence-electron chi connectivity index (χ2n) is 6.28. The van der Waals surface area contributed by atoms with Crippen LogP contribution in [0.15, 0.2) is 30.3 Å². The van der Waals surface area contributed by atoms with E-state index in [9.17, 15) is 18.0 Å². The van der Waals surface area contributed by atoms with Crippen LogP contribution in [-0.4, -0.2) is 56.4 Å². The van der Waals surface area contributed by atoms with Gasteiger partial charge in [-0.2, -0.15) is 0 Å². The predicted molar refractivity (Wildman–Crippen MR) is 107 cm³/mol. The normalized spacial score (nSPS) is 18.8. The highest BCUT2D eigenvalue weighted by atomic mass is 35.5. The van der Waals surface area contributed by atoms with Gasteiger partial charge in [0, 0.05) is 34.1 Å². The van der Waals surface area contributed by atoms with E-state index in [0.717, 1.165) is 15.0 Å². The molecule has 144 valence electrons. The Morgan fingerprint density at radius 1 is 1.37 bits per heavy atom. The van der Waals surface area contributed by atoms with Crippen LogP contribution in [0.5, 0.6) is 0 Å². The number of halogens is 1. The lowest BCUT2D eigenvalue weighted by Gasteiger charge is -2.22. The third kappa shape index (κ3) is 4.69. The summed E-state index contributed by atoms with van der Waals surface area (Å²) in [6.07, 6.45) is 3.19.